The van der Waals surface area contributed by atoms with E-state index < -0.39 is 12.1 Å². The number of hydrogen-bond donors (Lipinski definition) is 1. The molecule has 2 aromatic carbocycles. The Balaban J connectivity index is 1.91. The van der Waals surface area contributed by atoms with Crippen LogP contribution in [0.4, 0.5) is 0 Å². The Morgan fingerprint density at radius 3 is 2.23 bits per heavy atom. The number of ether oxygens (including phenoxy) is 4. The summed E-state index contributed by atoms with van der Waals surface area (Å²) in [6.45, 7) is 1.99. The van der Waals surface area contributed by atoms with Crippen LogP contribution >= 0.6 is 0 Å². The van der Waals surface area contributed by atoms with Crippen molar-refractivity contribution in [2.45, 2.75) is 19.4 Å². The van der Waals surface area contributed by atoms with Crippen molar-refractivity contribution < 1.29 is 28.5 Å². The van der Waals surface area contributed by atoms with Crippen molar-refractivity contribution >= 4 is 18.0 Å². The van der Waals surface area contributed by atoms with Crippen LogP contribution in [0.3, 0.4) is 0 Å². The number of esters is 1. The maximum absolute atomic E-state index is 12.1. The highest BCUT2D eigenvalue weighted by Gasteiger charge is 2.16. The van der Waals surface area contributed by atoms with Crippen LogP contribution < -0.4 is 19.5 Å². The van der Waals surface area contributed by atoms with Crippen LogP contribution in [0.25, 0.3) is 6.08 Å². The Morgan fingerprint density at radius 1 is 0.967 bits per heavy atom. The fourth-order valence-corrected chi connectivity index (χ4v) is 2.73. The Bertz CT molecular complexity index is 879. The molecule has 2 aromatic rings. The molecule has 0 spiro atoms. The molecule has 1 unspecified atom stereocenters. The van der Waals surface area contributed by atoms with Gasteiger partial charge in [-0.1, -0.05) is 30.3 Å². The molecule has 0 aliphatic heterocycles. The van der Waals surface area contributed by atoms with Crippen molar-refractivity contribution in [2.24, 2.45) is 0 Å². The van der Waals surface area contributed by atoms with Gasteiger partial charge in [-0.3, -0.25) is 4.79 Å². The SMILES string of the molecule is COc1cc(OC)c(OC)cc1/C=C/C(=O)OC(C)C(=O)NCCc1ccccc1. The molecule has 0 aliphatic rings. The smallest absolute Gasteiger partial charge is 0.331 e. The van der Waals surface area contributed by atoms with Gasteiger partial charge in [-0.05, 0) is 31.1 Å². The van der Waals surface area contributed by atoms with Gasteiger partial charge in [-0.15, -0.1) is 0 Å². The monoisotopic (exact) mass is 413 g/mol. The lowest BCUT2D eigenvalue weighted by Gasteiger charge is -2.13. The van der Waals surface area contributed by atoms with E-state index in [1.54, 1.807) is 12.1 Å². The van der Waals surface area contributed by atoms with Gasteiger partial charge in [0, 0.05) is 24.3 Å². The maximum Gasteiger partial charge on any atom is 0.331 e. The average molecular weight is 413 g/mol. The van der Waals surface area contributed by atoms with Crippen LogP contribution in [-0.2, 0) is 20.7 Å². The first-order valence-electron chi connectivity index (χ1n) is 9.48. The molecule has 1 amide bonds. The predicted octanol–water partition coefficient (Wildman–Crippen LogP) is 3.02. The Labute approximate surface area is 176 Å². The van der Waals surface area contributed by atoms with Gasteiger partial charge in [0.05, 0.1) is 21.3 Å². The highest BCUT2D eigenvalue weighted by atomic mass is 16.5. The molecular formula is C23H27NO6. The van der Waals surface area contributed by atoms with Crippen molar-refractivity contribution in [3.63, 3.8) is 0 Å². The molecule has 1 atom stereocenters. The number of carbonyl (C=O) groups is 2. The molecule has 7 heteroatoms. The van der Waals surface area contributed by atoms with E-state index in [1.807, 2.05) is 30.3 Å². The van der Waals surface area contributed by atoms with Crippen LogP contribution in [0.1, 0.15) is 18.1 Å². The number of methoxy groups -OCH3 is 3. The van der Waals surface area contributed by atoms with Gasteiger partial charge in [0.15, 0.2) is 17.6 Å². The van der Waals surface area contributed by atoms with Gasteiger partial charge in [-0.2, -0.15) is 0 Å². The summed E-state index contributed by atoms with van der Waals surface area (Å²) in [4.78, 5) is 24.3. The minimum atomic E-state index is -0.912. The lowest BCUT2D eigenvalue weighted by atomic mass is 10.1. The Morgan fingerprint density at radius 2 is 1.60 bits per heavy atom. The van der Waals surface area contributed by atoms with Crippen molar-refractivity contribution in [2.75, 3.05) is 27.9 Å². The van der Waals surface area contributed by atoms with Crippen LogP contribution in [-0.4, -0.2) is 45.9 Å². The molecule has 2 rings (SSSR count). The summed E-state index contributed by atoms with van der Waals surface area (Å²) in [7, 11) is 4.55. The summed E-state index contributed by atoms with van der Waals surface area (Å²) in [6, 6.07) is 13.1. The Hall–Kier alpha value is -3.48. The third kappa shape index (κ3) is 6.55. The molecule has 0 fully saturated rings. The van der Waals surface area contributed by atoms with Crippen LogP contribution in [0.15, 0.2) is 48.5 Å². The van der Waals surface area contributed by atoms with Gasteiger partial charge in [0.25, 0.3) is 5.91 Å². The first-order chi connectivity index (χ1) is 14.5. The number of hydrogen-bond acceptors (Lipinski definition) is 6. The molecule has 1 N–H and O–H groups in total. The van der Waals surface area contributed by atoms with Crippen molar-refractivity contribution in [3.8, 4) is 17.2 Å². The zero-order chi connectivity index (χ0) is 21.9. The summed E-state index contributed by atoms with van der Waals surface area (Å²) < 4.78 is 21.0. The predicted molar refractivity (Wildman–Crippen MR) is 114 cm³/mol. The summed E-state index contributed by atoms with van der Waals surface area (Å²) in [5.41, 5.74) is 1.72. The fourth-order valence-electron chi connectivity index (χ4n) is 2.73. The molecule has 7 nitrogen and oxygen atoms in total. The van der Waals surface area contributed by atoms with Gasteiger partial charge >= 0.3 is 5.97 Å². The van der Waals surface area contributed by atoms with Gasteiger partial charge in [0.1, 0.15) is 5.75 Å². The highest BCUT2D eigenvalue weighted by molar-refractivity contribution is 5.90. The van der Waals surface area contributed by atoms with Crippen molar-refractivity contribution in [1.82, 2.24) is 5.32 Å². The zero-order valence-corrected chi connectivity index (χ0v) is 17.6. The van der Waals surface area contributed by atoms with Gasteiger partial charge in [0.2, 0.25) is 0 Å². The number of carbonyl (C=O) groups excluding carboxylic acids is 2. The summed E-state index contributed by atoms with van der Waals surface area (Å²) in [6.07, 6.45) is 2.55. The second-order valence-electron chi connectivity index (χ2n) is 6.39. The van der Waals surface area contributed by atoms with Gasteiger partial charge in [-0.25, -0.2) is 4.79 Å². The van der Waals surface area contributed by atoms with E-state index in [0.29, 0.717) is 35.8 Å². The lowest BCUT2D eigenvalue weighted by molar-refractivity contribution is -0.150. The van der Waals surface area contributed by atoms with E-state index in [-0.39, 0.29) is 5.91 Å². The first kappa shape index (κ1) is 22.8. The molecule has 0 saturated heterocycles. The summed E-state index contributed by atoms with van der Waals surface area (Å²) >= 11 is 0. The normalized spacial score (nSPS) is 11.6. The lowest BCUT2D eigenvalue weighted by Crippen LogP contribution is -2.36. The van der Waals surface area contributed by atoms with E-state index in [9.17, 15) is 9.59 Å². The number of benzene rings is 2. The quantitative estimate of drug-likeness (QED) is 0.476. The van der Waals surface area contributed by atoms with E-state index in [0.717, 1.165) is 5.56 Å². The largest absolute Gasteiger partial charge is 0.496 e. The molecule has 30 heavy (non-hydrogen) atoms. The standard InChI is InChI=1S/C23H27NO6/c1-16(23(26)24-13-12-17-8-6-5-7-9-17)30-22(25)11-10-18-14-20(28-3)21(29-4)15-19(18)27-2/h5-11,14-16H,12-13H2,1-4H3,(H,24,26)/b11-10+. The third-order valence-electron chi connectivity index (χ3n) is 4.35. The molecule has 160 valence electrons. The van der Waals surface area contributed by atoms with Crippen LogP contribution in [0, 0.1) is 0 Å². The number of amides is 1. The molecule has 0 aromatic heterocycles. The average Bonchev–Trinajstić information content (AvgIpc) is 2.77. The highest BCUT2D eigenvalue weighted by Crippen LogP contribution is 2.35. The molecular weight excluding hydrogens is 386 g/mol. The fraction of sp³-hybridized carbons (Fsp3) is 0.304. The van der Waals surface area contributed by atoms with E-state index >= 15 is 0 Å². The zero-order valence-electron chi connectivity index (χ0n) is 17.6. The molecule has 0 saturated carbocycles. The third-order valence-corrected chi connectivity index (χ3v) is 4.35. The van der Waals surface area contributed by atoms with Crippen molar-refractivity contribution in [3.05, 3.63) is 59.7 Å². The van der Waals surface area contributed by atoms with Crippen molar-refractivity contribution in [1.29, 1.82) is 0 Å². The van der Waals surface area contributed by atoms with E-state index in [1.165, 1.54) is 40.4 Å². The minimum absolute atomic E-state index is 0.351. The molecule has 0 heterocycles. The van der Waals surface area contributed by atoms with Crippen LogP contribution in [0.5, 0.6) is 17.2 Å². The summed E-state index contributed by atoms with van der Waals surface area (Å²) in [5, 5.41) is 2.77. The second-order valence-corrected chi connectivity index (χ2v) is 6.39. The Kier molecular flexibility index (Phi) is 8.75. The van der Waals surface area contributed by atoms with E-state index in [4.69, 9.17) is 18.9 Å². The van der Waals surface area contributed by atoms with Crippen LogP contribution in [0.2, 0.25) is 0 Å². The maximum atomic E-state index is 12.1. The minimum Gasteiger partial charge on any atom is -0.496 e. The molecule has 0 radical (unpaired) electrons. The first-order valence-corrected chi connectivity index (χ1v) is 9.48. The van der Waals surface area contributed by atoms with Gasteiger partial charge < -0.3 is 24.3 Å². The van der Waals surface area contributed by atoms with E-state index in [2.05, 4.69) is 5.32 Å². The topological polar surface area (TPSA) is 83.1 Å². The second kappa shape index (κ2) is 11.5. The summed E-state index contributed by atoms with van der Waals surface area (Å²) in [5.74, 6) is 0.518. The number of nitrogens with one attached hydrogen (secondary N) is 1. The number of rotatable bonds is 10. The molecule has 0 aliphatic carbocycles. The molecule has 0 bridgehead atoms.